The van der Waals surface area contributed by atoms with Crippen LogP contribution in [0.1, 0.15) is 28.9 Å². The summed E-state index contributed by atoms with van der Waals surface area (Å²) in [5.41, 5.74) is 0.423. The van der Waals surface area contributed by atoms with Crippen LogP contribution >= 0.6 is 0 Å². The molecular weight excluding hydrogens is 194 g/mol. The smallest absolute Gasteiger partial charge is 0.247 e. The number of furan rings is 1. The summed E-state index contributed by atoms with van der Waals surface area (Å²) in [7, 11) is 1.67. The fourth-order valence-electron chi connectivity index (χ4n) is 1.31. The minimum atomic E-state index is -0.192. The molecule has 0 N–H and O–H groups in total. The number of ketones is 1. The van der Waals surface area contributed by atoms with Gasteiger partial charge in [0.25, 0.3) is 0 Å². The standard InChI is InChI=1S/C10H11N3O2/c1-3-7-4-5-9(15-7)10(14)8-6-11-12-13(8)2/h4-6H,3H2,1-2H3. The molecule has 0 amide bonds. The number of carbonyl (C=O) groups excluding carboxylic acids is 1. The Labute approximate surface area is 86.7 Å². The Morgan fingerprint density at radius 2 is 2.33 bits per heavy atom. The van der Waals surface area contributed by atoms with E-state index in [1.165, 1.54) is 10.9 Å². The second-order valence-corrected chi connectivity index (χ2v) is 3.19. The van der Waals surface area contributed by atoms with Crippen LogP contribution in [0.5, 0.6) is 0 Å². The minimum absolute atomic E-state index is 0.192. The number of rotatable bonds is 3. The number of hydrogen-bond acceptors (Lipinski definition) is 4. The summed E-state index contributed by atoms with van der Waals surface area (Å²) in [6.45, 7) is 1.97. The molecule has 0 aromatic carbocycles. The Morgan fingerprint density at radius 1 is 1.53 bits per heavy atom. The van der Waals surface area contributed by atoms with Crippen LogP contribution in [0.4, 0.5) is 0 Å². The van der Waals surface area contributed by atoms with Gasteiger partial charge in [0.2, 0.25) is 5.78 Å². The van der Waals surface area contributed by atoms with Crippen molar-refractivity contribution in [3.05, 3.63) is 35.5 Å². The highest BCUT2D eigenvalue weighted by molar-refractivity contribution is 6.05. The number of carbonyl (C=O) groups is 1. The third-order valence-corrected chi connectivity index (χ3v) is 2.18. The monoisotopic (exact) mass is 205 g/mol. The van der Waals surface area contributed by atoms with Gasteiger partial charge in [0.05, 0.1) is 6.20 Å². The summed E-state index contributed by atoms with van der Waals surface area (Å²) >= 11 is 0. The molecule has 0 saturated heterocycles. The van der Waals surface area contributed by atoms with Crippen molar-refractivity contribution < 1.29 is 9.21 Å². The van der Waals surface area contributed by atoms with Gasteiger partial charge in [0.1, 0.15) is 11.5 Å². The highest BCUT2D eigenvalue weighted by atomic mass is 16.3. The summed E-state index contributed by atoms with van der Waals surface area (Å²) in [5.74, 6) is 0.938. The zero-order valence-electron chi connectivity index (χ0n) is 8.60. The van der Waals surface area contributed by atoms with E-state index >= 15 is 0 Å². The number of hydrogen-bond donors (Lipinski definition) is 0. The molecule has 0 radical (unpaired) electrons. The molecule has 15 heavy (non-hydrogen) atoms. The van der Waals surface area contributed by atoms with Gasteiger partial charge in [0, 0.05) is 13.5 Å². The minimum Gasteiger partial charge on any atom is -0.458 e. The molecule has 0 aliphatic heterocycles. The van der Waals surface area contributed by atoms with Crippen molar-refractivity contribution in [1.29, 1.82) is 0 Å². The predicted molar refractivity (Wildman–Crippen MR) is 52.5 cm³/mol. The van der Waals surface area contributed by atoms with Crippen molar-refractivity contribution in [2.24, 2.45) is 7.05 Å². The van der Waals surface area contributed by atoms with Crippen LogP contribution in [0.2, 0.25) is 0 Å². The molecule has 2 aromatic heterocycles. The van der Waals surface area contributed by atoms with Crippen LogP contribution in [0, 0.1) is 0 Å². The van der Waals surface area contributed by atoms with E-state index in [4.69, 9.17) is 4.42 Å². The van der Waals surface area contributed by atoms with E-state index in [-0.39, 0.29) is 5.78 Å². The van der Waals surface area contributed by atoms with E-state index < -0.39 is 0 Å². The second-order valence-electron chi connectivity index (χ2n) is 3.19. The van der Waals surface area contributed by atoms with Gasteiger partial charge in [-0.15, -0.1) is 5.10 Å². The maximum Gasteiger partial charge on any atom is 0.247 e. The normalized spacial score (nSPS) is 10.5. The lowest BCUT2D eigenvalue weighted by molar-refractivity contribution is 0.0998. The van der Waals surface area contributed by atoms with Gasteiger partial charge < -0.3 is 4.42 Å². The van der Waals surface area contributed by atoms with Crippen LogP contribution in [0.15, 0.2) is 22.7 Å². The van der Waals surface area contributed by atoms with Crippen LogP contribution in [0.3, 0.4) is 0 Å². The Bertz CT molecular complexity index is 484. The molecule has 0 aliphatic rings. The quantitative estimate of drug-likeness (QED) is 0.706. The zero-order chi connectivity index (χ0) is 10.8. The first-order chi connectivity index (χ1) is 7.22. The van der Waals surface area contributed by atoms with E-state index in [0.29, 0.717) is 11.5 Å². The Kier molecular flexibility index (Phi) is 2.37. The zero-order valence-corrected chi connectivity index (χ0v) is 8.60. The molecule has 0 bridgehead atoms. The van der Waals surface area contributed by atoms with Gasteiger partial charge in [-0.1, -0.05) is 12.1 Å². The van der Waals surface area contributed by atoms with Crippen molar-refractivity contribution >= 4 is 5.78 Å². The molecule has 0 fully saturated rings. The SMILES string of the molecule is CCc1ccc(C(=O)c2cnnn2C)o1. The molecule has 0 atom stereocenters. The van der Waals surface area contributed by atoms with Crippen LogP contribution in [0.25, 0.3) is 0 Å². The third kappa shape index (κ3) is 1.68. The van der Waals surface area contributed by atoms with E-state index in [9.17, 15) is 4.79 Å². The Hall–Kier alpha value is -1.91. The average molecular weight is 205 g/mol. The first-order valence-corrected chi connectivity index (χ1v) is 4.70. The largest absolute Gasteiger partial charge is 0.458 e. The highest BCUT2D eigenvalue weighted by Crippen LogP contribution is 2.12. The van der Waals surface area contributed by atoms with Crippen molar-refractivity contribution in [3.63, 3.8) is 0 Å². The van der Waals surface area contributed by atoms with Crippen molar-refractivity contribution in [2.45, 2.75) is 13.3 Å². The average Bonchev–Trinajstić information content (AvgIpc) is 2.84. The lowest BCUT2D eigenvalue weighted by Crippen LogP contribution is -2.07. The molecule has 0 unspecified atom stereocenters. The second kappa shape index (κ2) is 3.68. The highest BCUT2D eigenvalue weighted by Gasteiger charge is 2.16. The maximum atomic E-state index is 11.9. The van der Waals surface area contributed by atoms with Crippen LogP contribution < -0.4 is 0 Å². The molecular formula is C10H11N3O2. The van der Waals surface area contributed by atoms with Crippen molar-refractivity contribution in [2.75, 3.05) is 0 Å². The van der Waals surface area contributed by atoms with E-state index in [1.807, 2.05) is 6.92 Å². The van der Waals surface area contributed by atoms with Gasteiger partial charge in [0.15, 0.2) is 5.76 Å². The molecule has 0 saturated carbocycles. The third-order valence-electron chi connectivity index (χ3n) is 2.18. The van der Waals surface area contributed by atoms with Gasteiger partial charge in [-0.05, 0) is 12.1 Å². The first-order valence-electron chi connectivity index (χ1n) is 4.70. The number of aryl methyl sites for hydroxylation is 2. The molecule has 5 nitrogen and oxygen atoms in total. The lowest BCUT2D eigenvalue weighted by Gasteiger charge is -1.96. The van der Waals surface area contributed by atoms with Crippen molar-refractivity contribution in [3.8, 4) is 0 Å². The molecule has 2 rings (SSSR count). The molecule has 78 valence electrons. The number of nitrogens with zero attached hydrogens (tertiary/aromatic N) is 3. The van der Waals surface area contributed by atoms with Gasteiger partial charge in [-0.25, -0.2) is 4.68 Å². The topological polar surface area (TPSA) is 60.9 Å². The van der Waals surface area contributed by atoms with Crippen LogP contribution in [-0.4, -0.2) is 20.8 Å². The summed E-state index contributed by atoms with van der Waals surface area (Å²) in [4.78, 5) is 11.9. The molecule has 0 aliphatic carbocycles. The Morgan fingerprint density at radius 3 is 2.87 bits per heavy atom. The van der Waals surface area contributed by atoms with Gasteiger partial charge >= 0.3 is 0 Å². The fraction of sp³-hybridized carbons (Fsp3) is 0.300. The molecule has 5 heteroatoms. The summed E-state index contributed by atoms with van der Waals surface area (Å²) in [6, 6.07) is 3.48. The summed E-state index contributed by atoms with van der Waals surface area (Å²) in [6.07, 6.45) is 2.20. The maximum absolute atomic E-state index is 11.9. The summed E-state index contributed by atoms with van der Waals surface area (Å²) in [5, 5.41) is 7.34. The molecule has 0 spiro atoms. The Balaban J connectivity index is 2.32. The van der Waals surface area contributed by atoms with Gasteiger partial charge in [-0.2, -0.15) is 0 Å². The fourth-order valence-corrected chi connectivity index (χ4v) is 1.31. The lowest BCUT2D eigenvalue weighted by atomic mass is 10.2. The first kappa shape index (κ1) is 9.64. The van der Waals surface area contributed by atoms with E-state index in [1.54, 1.807) is 19.2 Å². The summed E-state index contributed by atoms with van der Waals surface area (Å²) < 4.78 is 6.78. The molecule has 2 heterocycles. The van der Waals surface area contributed by atoms with E-state index in [2.05, 4.69) is 10.3 Å². The predicted octanol–water partition coefficient (Wildman–Crippen LogP) is 1.20. The molecule has 2 aromatic rings. The van der Waals surface area contributed by atoms with Gasteiger partial charge in [-0.3, -0.25) is 4.79 Å². The van der Waals surface area contributed by atoms with Crippen molar-refractivity contribution in [1.82, 2.24) is 15.0 Å². The number of aromatic nitrogens is 3. The van der Waals surface area contributed by atoms with E-state index in [0.717, 1.165) is 12.2 Å². The van der Waals surface area contributed by atoms with Crippen LogP contribution in [-0.2, 0) is 13.5 Å².